The van der Waals surface area contributed by atoms with Gasteiger partial charge in [-0.2, -0.15) is 4.68 Å². The molecule has 0 atom stereocenters. The van der Waals surface area contributed by atoms with Gasteiger partial charge in [0.15, 0.2) is 5.82 Å². The maximum atomic E-state index is 14.8. The van der Waals surface area contributed by atoms with Crippen LogP contribution in [0.2, 0.25) is 5.02 Å². The third-order valence-electron chi connectivity index (χ3n) is 7.07. The molecule has 9 heteroatoms. The van der Waals surface area contributed by atoms with Crippen LogP contribution in [0.1, 0.15) is 42.6 Å². The first-order chi connectivity index (χ1) is 19.0. The maximum absolute atomic E-state index is 14.8. The molecular formula is C30H26ClFN4O3. The summed E-state index contributed by atoms with van der Waals surface area (Å²) in [7, 11) is 0. The molecule has 0 N–H and O–H groups in total. The number of benzene rings is 3. The van der Waals surface area contributed by atoms with E-state index >= 15 is 0 Å². The number of halogens is 2. The van der Waals surface area contributed by atoms with Crippen molar-refractivity contribution in [3.63, 3.8) is 0 Å². The Bertz CT molecular complexity index is 1790. The van der Waals surface area contributed by atoms with E-state index in [1.54, 1.807) is 29.0 Å². The fourth-order valence-electron chi connectivity index (χ4n) is 4.96. The number of nitrogens with zero attached hydrogens (tertiary/aromatic N) is 4. The summed E-state index contributed by atoms with van der Waals surface area (Å²) in [6.07, 6.45) is 3.62. The minimum absolute atomic E-state index is 0.0371. The highest BCUT2D eigenvalue weighted by atomic mass is 35.5. The molecule has 6 rings (SSSR count). The van der Waals surface area contributed by atoms with Gasteiger partial charge in [-0.25, -0.2) is 9.18 Å². The highest BCUT2D eigenvalue weighted by Crippen LogP contribution is 2.43. The van der Waals surface area contributed by atoms with Crippen LogP contribution in [-0.2, 0) is 24.5 Å². The number of hydrogen-bond acceptors (Lipinski definition) is 4. The Balaban J connectivity index is 1.41. The van der Waals surface area contributed by atoms with E-state index in [1.807, 2.05) is 43.3 Å². The Hall–Kier alpha value is -4.01. The van der Waals surface area contributed by atoms with Crippen molar-refractivity contribution in [1.82, 2.24) is 18.9 Å². The second-order valence-electron chi connectivity index (χ2n) is 9.67. The summed E-state index contributed by atoms with van der Waals surface area (Å²) in [4.78, 5) is 26.8. The third kappa shape index (κ3) is 4.70. The molecule has 5 aromatic rings. The van der Waals surface area contributed by atoms with Crippen molar-refractivity contribution in [2.24, 2.45) is 0 Å². The zero-order chi connectivity index (χ0) is 27.1. The largest absolute Gasteiger partial charge is 0.369 e. The Labute approximate surface area is 228 Å². The number of ether oxygens (including phenoxy) is 1. The highest BCUT2D eigenvalue weighted by Gasteiger charge is 2.28. The number of rotatable bonds is 8. The molecule has 0 amide bonds. The van der Waals surface area contributed by atoms with Gasteiger partial charge in [-0.1, -0.05) is 48.0 Å². The van der Waals surface area contributed by atoms with Crippen LogP contribution >= 0.6 is 11.6 Å². The van der Waals surface area contributed by atoms with Crippen molar-refractivity contribution in [2.75, 3.05) is 0 Å². The molecule has 0 spiro atoms. The molecule has 1 aliphatic carbocycles. The van der Waals surface area contributed by atoms with E-state index in [4.69, 9.17) is 16.3 Å². The first-order valence-electron chi connectivity index (χ1n) is 12.9. The normalized spacial score (nSPS) is 13.3. The summed E-state index contributed by atoms with van der Waals surface area (Å²) in [6, 6.07) is 19.3. The van der Waals surface area contributed by atoms with E-state index in [-0.39, 0.29) is 34.5 Å². The Morgan fingerprint density at radius 3 is 2.51 bits per heavy atom. The van der Waals surface area contributed by atoms with Crippen LogP contribution in [0, 0.1) is 5.82 Å². The van der Waals surface area contributed by atoms with Crippen molar-refractivity contribution in [3.05, 3.63) is 122 Å². The summed E-state index contributed by atoms with van der Waals surface area (Å²) in [5.74, 6) is 0.193. The lowest BCUT2D eigenvalue weighted by molar-refractivity contribution is 0.0989. The van der Waals surface area contributed by atoms with Crippen molar-refractivity contribution in [2.45, 2.75) is 45.4 Å². The molecule has 1 saturated carbocycles. The van der Waals surface area contributed by atoms with E-state index in [0.29, 0.717) is 30.0 Å². The Morgan fingerprint density at radius 2 is 1.79 bits per heavy atom. The predicted octanol–water partition coefficient (Wildman–Crippen LogP) is 5.74. The molecule has 0 bridgehead atoms. The van der Waals surface area contributed by atoms with E-state index in [0.717, 1.165) is 29.4 Å². The number of fused-ring (bicyclic) bond motifs is 1. The third-order valence-corrected chi connectivity index (χ3v) is 7.37. The summed E-state index contributed by atoms with van der Waals surface area (Å²) in [5, 5.41) is 5.90. The van der Waals surface area contributed by atoms with Gasteiger partial charge in [0.25, 0.3) is 5.56 Å². The number of hydrogen-bond donors (Lipinski definition) is 0. The van der Waals surface area contributed by atoms with Crippen molar-refractivity contribution in [1.29, 1.82) is 0 Å². The first-order valence-corrected chi connectivity index (χ1v) is 13.3. The van der Waals surface area contributed by atoms with E-state index in [9.17, 15) is 14.0 Å². The smallest absolute Gasteiger partial charge is 0.350 e. The van der Waals surface area contributed by atoms with Gasteiger partial charge < -0.3 is 4.74 Å². The molecule has 3 aromatic carbocycles. The van der Waals surface area contributed by atoms with Gasteiger partial charge in [0.1, 0.15) is 18.1 Å². The molecule has 1 aliphatic rings. The molecule has 2 heterocycles. The lowest BCUT2D eigenvalue weighted by Crippen LogP contribution is -2.24. The van der Waals surface area contributed by atoms with Gasteiger partial charge in [-0.3, -0.25) is 13.9 Å². The Kier molecular flexibility index (Phi) is 6.66. The second-order valence-corrected chi connectivity index (χ2v) is 10.1. The van der Waals surface area contributed by atoms with Crippen LogP contribution in [0.15, 0.2) is 82.5 Å². The molecule has 39 heavy (non-hydrogen) atoms. The van der Waals surface area contributed by atoms with E-state index < -0.39 is 5.82 Å². The van der Waals surface area contributed by atoms with Gasteiger partial charge in [0.2, 0.25) is 0 Å². The monoisotopic (exact) mass is 544 g/mol. The van der Waals surface area contributed by atoms with Crippen molar-refractivity contribution in [3.8, 4) is 11.4 Å². The minimum atomic E-state index is -0.569. The van der Waals surface area contributed by atoms with E-state index in [1.165, 1.54) is 21.4 Å². The zero-order valence-electron chi connectivity index (χ0n) is 21.3. The number of pyridine rings is 1. The van der Waals surface area contributed by atoms with Crippen LogP contribution in [0.3, 0.4) is 0 Å². The van der Waals surface area contributed by atoms with Crippen LogP contribution in [0.25, 0.3) is 22.1 Å². The topological polar surface area (TPSA) is 71.0 Å². The van der Waals surface area contributed by atoms with Crippen LogP contribution in [0.4, 0.5) is 4.39 Å². The standard InChI is InChI=1S/C30H26ClFN4O3/c1-2-34-27(18-39-17-19-7-4-3-5-8-19)33-36(30(34)38)21-13-14-22-23(15-21)24(20-11-12-20)16-35(29(22)37)28-25(31)9-6-10-26(28)32/h3-10,13-16,20H,2,11-12,17-18H2,1H3. The first kappa shape index (κ1) is 25.3. The fraction of sp³-hybridized carbons (Fsp3) is 0.233. The second kappa shape index (κ2) is 10.3. The summed E-state index contributed by atoms with van der Waals surface area (Å²) >= 11 is 6.30. The molecule has 0 radical (unpaired) electrons. The van der Waals surface area contributed by atoms with Gasteiger partial charge in [-0.15, -0.1) is 5.10 Å². The van der Waals surface area contributed by atoms with Crippen LogP contribution in [0.5, 0.6) is 0 Å². The minimum Gasteiger partial charge on any atom is -0.369 e. The lowest BCUT2D eigenvalue weighted by Gasteiger charge is -2.14. The molecule has 198 valence electrons. The molecular weight excluding hydrogens is 519 g/mol. The predicted molar refractivity (Wildman–Crippen MR) is 148 cm³/mol. The molecule has 0 aliphatic heterocycles. The lowest BCUT2D eigenvalue weighted by atomic mass is 10.0. The van der Waals surface area contributed by atoms with Gasteiger partial charge in [0, 0.05) is 18.1 Å². The molecule has 0 unspecified atom stereocenters. The van der Waals surface area contributed by atoms with Gasteiger partial charge >= 0.3 is 5.69 Å². The molecule has 2 aromatic heterocycles. The quantitative estimate of drug-likeness (QED) is 0.249. The number of aromatic nitrogens is 4. The molecule has 1 fully saturated rings. The average Bonchev–Trinajstić information content (AvgIpc) is 3.73. The van der Waals surface area contributed by atoms with Gasteiger partial charge in [0.05, 0.1) is 17.3 Å². The molecule has 7 nitrogen and oxygen atoms in total. The average molecular weight is 545 g/mol. The van der Waals surface area contributed by atoms with Crippen LogP contribution < -0.4 is 11.2 Å². The van der Waals surface area contributed by atoms with Gasteiger partial charge in [-0.05, 0) is 72.5 Å². The molecule has 0 saturated heterocycles. The SMILES string of the molecule is CCn1c(COCc2ccccc2)nn(-c2ccc3c(=O)n(-c4c(F)cccc4Cl)cc(C4CC4)c3c2)c1=O. The van der Waals surface area contributed by atoms with Crippen LogP contribution in [-0.4, -0.2) is 18.9 Å². The highest BCUT2D eigenvalue weighted by molar-refractivity contribution is 6.32. The summed E-state index contributed by atoms with van der Waals surface area (Å²) < 4.78 is 24.8. The fourth-order valence-corrected chi connectivity index (χ4v) is 5.21. The summed E-state index contributed by atoms with van der Waals surface area (Å²) in [5.41, 5.74) is 1.87. The Morgan fingerprint density at radius 1 is 1.00 bits per heavy atom. The zero-order valence-corrected chi connectivity index (χ0v) is 22.1. The summed E-state index contributed by atoms with van der Waals surface area (Å²) in [6.45, 7) is 2.92. The maximum Gasteiger partial charge on any atom is 0.350 e. The van der Waals surface area contributed by atoms with E-state index in [2.05, 4.69) is 5.10 Å². The number of para-hydroxylation sites is 1. The van der Waals surface area contributed by atoms with Crippen molar-refractivity contribution < 1.29 is 9.13 Å². The van der Waals surface area contributed by atoms with Crippen molar-refractivity contribution >= 4 is 22.4 Å².